The molecule has 1 aromatic heterocycles. The molecule has 5 heteroatoms. The summed E-state index contributed by atoms with van der Waals surface area (Å²) in [7, 11) is 0. The molecule has 3 heterocycles. The Labute approximate surface area is 129 Å². The van der Waals surface area contributed by atoms with Crippen LogP contribution < -0.4 is 10.6 Å². The Hall–Kier alpha value is -1.52. The van der Waals surface area contributed by atoms with Crippen molar-refractivity contribution < 1.29 is 9.21 Å². The Morgan fingerprint density at radius 1 is 1.19 bits per heavy atom. The number of carbonyl (C=O) groups excluding carboxylic acids is 1. The van der Waals surface area contributed by atoms with Crippen molar-refractivity contribution in [2.24, 2.45) is 0 Å². The van der Waals surface area contributed by atoms with Crippen LogP contribution in [0.5, 0.6) is 0 Å². The first kappa shape index (κ1) is 14.4. The summed E-state index contributed by atoms with van der Waals surface area (Å²) in [5, 5.41) is 7.68. The van der Waals surface area contributed by atoms with E-state index in [1.807, 2.05) is 30.3 Å². The number of benzene rings is 1. The summed E-state index contributed by atoms with van der Waals surface area (Å²) >= 11 is 0. The first-order valence-corrected chi connectivity index (χ1v) is 7.33. The van der Waals surface area contributed by atoms with Crippen molar-refractivity contribution in [3.05, 3.63) is 36.1 Å². The van der Waals surface area contributed by atoms with Gasteiger partial charge in [0.15, 0.2) is 5.76 Å². The van der Waals surface area contributed by atoms with Crippen LogP contribution in [0.4, 0.5) is 0 Å². The van der Waals surface area contributed by atoms with Gasteiger partial charge in [-0.3, -0.25) is 4.79 Å². The van der Waals surface area contributed by atoms with Gasteiger partial charge in [0.25, 0.3) is 5.91 Å². The number of halogens is 1. The van der Waals surface area contributed by atoms with Gasteiger partial charge in [0.1, 0.15) is 5.58 Å². The number of fused-ring (bicyclic) bond motifs is 3. The summed E-state index contributed by atoms with van der Waals surface area (Å²) in [6.07, 6.45) is 4.54. The van der Waals surface area contributed by atoms with E-state index < -0.39 is 0 Å². The summed E-state index contributed by atoms with van der Waals surface area (Å²) in [5.41, 5.74) is 0.767. The van der Waals surface area contributed by atoms with Crippen molar-refractivity contribution in [1.82, 2.24) is 10.6 Å². The molecule has 0 radical (unpaired) electrons. The minimum Gasteiger partial charge on any atom is -0.451 e. The lowest BCUT2D eigenvalue weighted by Gasteiger charge is -2.29. The maximum atomic E-state index is 12.3. The van der Waals surface area contributed by atoms with Crippen LogP contribution in [0.2, 0.25) is 0 Å². The molecule has 2 bridgehead atoms. The smallest absolute Gasteiger partial charge is 0.287 e. The van der Waals surface area contributed by atoms with Gasteiger partial charge >= 0.3 is 0 Å². The molecule has 1 amide bonds. The van der Waals surface area contributed by atoms with Gasteiger partial charge < -0.3 is 15.1 Å². The van der Waals surface area contributed by atoms with Gasteiger partial charge in [-0.2, -0.15) is 0 Å². The van der Waals surface area contributed by atoms with Crippen molar-refractivity contribution in [1.29, 1.82) is 0 Å². The summed E-state index contributed by atoms with van der Waals surface area (Å²) in [6.45, 7) is 0. The van der Waals surface area contributed by atoms with E-state index in [0.29, 0.717) is 17.8 Å². The molecule has 2 aliphatic heterocycles. The molecular weight excluding hydrogens is 288 g/mol. The highest BCUT2D eigenvalue weighted by atomic mass is 35.5. The molecule has 2 atom stereocenters. The molecule has 2 saturated heterocycles. The molecule has 21 heavy (non-hydrogen) atoms. The van der Waals surface area contributed by atoms with Crippen LogP contribution in [0.1, 0.15) is 36.2 Å². The molecule has 2 N–H and O–H groups in total. The van der Waals surface area contributed by atoms with Crippen molar-refractivity contribution in [3.63, 3.8) is 0 Å². The largest absolute Gasteiger partial charge is 0.451 e. The van der Waals surface area contributed by atoms with Crippen LogP contribution in [-0.2, 0) is 0 Å². The minimum atomic E-state index is -0.0903. The second-order valence-electron chi connectivity index (χ2n) is 5.93. The number of amides is 1. The molecule has 0 saturated carbocycles. The van der Waals surface area contributed by atoms with Gasteiger partial charge in [0, 0.05) is 23.5 Å². The zero-order chi connectivity index (χ0) is 13.5. The second-order valence-corrected chi connectivity index (χ2v) is 5.93. The van der Waals surface area contributed by atoms with Crippen molar-refractivity contribution >= 4 is 29.3 Å². The fourth-order valence-electron chi connectivity index (χ4n) is 3.53. The highest BCUT2D eigenvalue weighted by molar-refractivity contribution is 5.96. The molecule has 0 aliphatic carbocycles. The Morgan fingerprint density at radius 3 is 2.62 bits per heavy atom. The lowest BCUT2D eigenvalue weighted by atomic mass is 10.00. The van der Waals surface area contributed by atoms with E-state index in [2.05, 4.69) is 10.6 Å². The lowest BCUT2D eigenvalue weighted by molar-refractivity contribution is 0.0898. The maximum absolute atomic E-state index is 12.3. The zero-order valence-corrected chi connectivity index (χ0v) is 12.5. The molecule has 2 fully saturated rings. The van der Waals surface area contributed by atoms with Crippen molar-refractivity contribution in [2.45, 2.75) is 43.8 Å². The Bertz CT molecular complexity index is 610. The van der Waals surface area contributed by atoms with Gasteiger partial charge in [-0.05, 0) is 37.8 Å². The molecule has 1 aromatic carbocycles. The molecule has 112 valence electrons. The van der Waals surface area contributed by atoms with Crippen LogP contribution in [-0.4, -0.2) is 24.0 Å². The first-order chi connectivity index (χ1) is 9.78. The van der Waals surface area contributed by atoms with E-state index in [0.717, 1.165) is 23.8 Å². The maximum Gasteiger partial charge on any atom is 0.287 e. The van der Waals surface area contributed by atoms with E-state index in [4.69, 9.17) is 4.42 Å². The summed E-state index contributed by atoms with van der Waals surface area (Å²) < 4.78 is 5.61. The third-order valence-electron chi connectivity index (χ3n) is 4.46. The molecule has 2 aliphatic rings. The Morgan fingerprint density at radius 2 is 1.90 bits per heavy atom. The van der Waals surface area contributed by atoms with Crippen LogP contribution in [0.3, 0.4) is 0 Å². The summed E-state index contributed by atoms with van der Waals surface area (Å²) in [4.78, 5) is 12.3. The highest BCUT2D eigenvalue weighted by Crippen LogP contribution is 2.27. The zero-order valence-electron chi connectivity index (χ0n) is 11.7. The third-order valence-corrected chi connectivity index (χ3v) is 4.46. The average molecular weight is 307 g/mol. The summed E-state index contributed by atoms with van der Waals surface area (Å²) in [6, 6.07) is 11.0. The number of nitrogens with one attached hydrogen (secondary N) is 2. The van der Waals surface area contributed by atoms with Crippen LogP contribution in [0.25, 0.3) is 11.0 Å². The quantitative estimate of drug-likeness (QED) is 0.897. The van der Waals surface area contributed by atoms with Crippen LogP contribution >= 0.6 is 12.4 Å². The van der Waals surface area contributed by atoms with Crippen LogP contribution in [0, 0.1) is 0 Å². The van der Waals surface area contributed by atoms with E-state index >= 15 is 0 Å². The fourth-order valence-corrected chi connectivity index (χ4v) is 3.53. The van der Waals surface area contributed by atoms with E-state index in [9.17, 15) is 4.79 Å². The normalized spacial score (nSPS) is 27.3. The number of hydrogen-bond donors (Lipinski definition) is 2. The predicted octanol–water partition coefficient (Wildman–Crippen LogP) is 2.87. The number of carbonyl (C=O) groups is 1. The van der Waals surface area contributed by atoms with Gasteiger partial charge in [-0.25, -0.2) is 0 Å². The molecule has 2 aromatic rings. The SMILES string of the molecule is Cl.O=C(NC1CC2CCC(C1)N2)c1cc2ccccc2o1. The first-order valence-electron chi connectivity index (χ1n) is 7.33. The monoisotopic (exact) mass is 306 g/mol. The average Bonchev–Trinajstić information content (AvgIpc) is 3.02. The molecule has 4 rings (SSSR count). The van der Waals surface area contributed by atoms with E-state index in [1.165, 1.54) is 12.8 Å². The van der Waals surface area contributed by atoms with Gasteiger partial charge in [-0.1, -0.05) is 18.2 Å². The molecule has 0 spiro atoms. The number of hydrogen-bond acceptors (Lipinski definition) is 3. The van der Waals surface area contributed by atoms with Crippen LogP contribution in [0.15, 0.2) is 34.7 Å². The number of piperidine rings is 1. The van der Waals surface area contributed by atoms with Crippen molar-refractivity contribution in [3.8, 4) is 0 Å². The van der Waals surface area contributed by atoms with Crippen molar-refractivity contribution in [2.75, 3.05) is 0 Å². The lowest BCUT2D eigenvalue weighted by Crippen LogP contribution is -2.47. The molecular formula is C16H19ClN2O2. The van der Waals surface area contributed by atoms with Gasteiger partial charge in [0.2, 0.25) is 0 Å². The van der Waals surface area contributed by atoms with Gasteiger partial charge in [-0.15, -0.1) is 12.4 Å². The van der Waals surface area contributed by atoms with E-state index in [1.54, 1.807) is 0 Å². The summed E-state index contributed by atoms with van der Waals surface area (Å²) in [5.74, 6) is 0.324. The number of furan rings is 1. The minimum absolute atomic E-state index is 0. The fraction of sp³-hybridized carbons (Fsp3) is 0.438. The number of para-hydroxylation sites is 1. The number of rotatable bonds is 2. The molecule has 4 nitrogen and oxygen atoms in total. The van der Waals surface area contributed by atoms with E-state index in [-0.39, 0.29) is 24.4 Å². The predicted molar refractivity (Wildman–Crippen MR) is 83.9 cm³/mol. The van der Waals surface area contributed by atoms with Gasteiger partial charge in [0.05, 0.1) is 0 Å². The topological polar surface area (TPSA) is 54.3 Å². The highest BCUT2D eigenvalue weighted by Gasteiger charge is 2.34. The standard InChI is InChI=1S/C16H18N2O2.ClH/c19-16(15-7-10-3-1-2-4-14(10)20-15)18-13-8-11-5-6-12(9-13)17-11;/h1-4,7,11-13,17H,5-6,8-9H2,(H,18,19);1H. The second kappa shape index (κ2) is 5.70. The molecule has 2 unspecified atom stereocenters. The third kappa shape index (κ3) is 2.78. The Balaban J connectivity index is 0.00000132. The Kier molecular flexibility index (Phi) is 3.91.